The molecule has 0 fully saturated rings. The van der Waals surface area contributed by atoms with Crippen LogP contribution in [0.4, 0.5) is 41.6 Å². The van der Waals surface area contributed by atoms with Crippen LogP contribution in [-0.2, 0) is 10.9 Å². The number of benzene rings is 7. The Bertz CT molecular complexity index is 8010. The number of halogens is 3. The van der Waals surface area contributed by atoms with Gasteiger partial charge < -0.3 is 4.74 Å². The third-order valence-corrected chi connectivity index (χ3v) is 20.9. The molecule has 5 N–H and O–H groups in total. The van der Waals surface area contributed by atoms with Crippen LogP contribution in [0.1, 0.15) is 61.3 Å². The second-order valence-corrected chi connectivity index (χ2v) is 29.1. The van der Waals surface area contributed by atoms with E-state index >= 15 is 0 Å². The number of nitrogens with zero attached hydrogens (tertiary/aromatic N) is 22. The molecule has 14 aromatic heterocycles. The van der Waals surface area contributed by atoms with Gasteiger partial charge >= 0.3 is 12.1 Å². The minimum Gasteiger partial charge on any atom is -0.466 e. The molecule has 0 aliphatic carbocycles. The zero-order valence-electron chi connectivity index (χ0n) is 67.4. The van der Waals surface area contributed by atoms with Crippen LogP contribution in [0.2, 0.25) is 0 Å². The number of methoxy groups -OCH3 is 1. The third-order valence-electron chi connectivity index (χ3n) is 19.8. The topological polar surface area (TPSA) is 326 Å². The Labute approximate surface area is 721 Å². The molecule has 614 valence electrons. The summed E-state index contributed by atoms with van der Waals surface area (Å²) < 4.78 is 60.1. The lowest BCUT2D eigenvalue weighted by Gasteiger charge is -2.13. The van der Waals surface area contributed by atoms with Crippen molar-refractivity contribution in [2.24, 2.45) is 0 Å². The summed E-state index contributed by atoms with van der Waals surface area (Å²) in [5.74, 6) is 3.11. The summed E-state index contributed by atoms with van der Waals surface area (Å²) in [4.78, 5) is 71.1. The number of hydrogen-bond donors (Lipinski definition) is 5. The molecule has 34 heteroatoms. The van der Waals surface area contributed by atoms with Gasteiger partial charge in [0.1, 0.15) is 38.8 Å². The number of carbonyl (C=O) groups is 2. The number of aromatic nitrogens is 20. The quantitative estimate of drug-likeness (QED) is 0.0484. The van der Waals surface area contributed by atoms with E-state index in [1.165, 1.54) is 36.5 Å². The number of nitriles is 2. The van der Waals surface area contributed by atoms with Crippen LogP contribution in [-0.4, -0.2) is 116 Å². The lowest BCUT2D eigenvalue weighted by Crippen LogP contribution is -2.09. The van der Waals surface area contributed by atoms with Gasteiger partial charge in [-0.05, 0) is 69.7 Å². The van der Waals surface area contributed by atoms with Crippen molar-refractivity contribution in [1.29, 1.82) is 10.5 Å². The Morgan fingerprint density at radius 1 is 0.465 bits per heavy atom. The van der Waals surface area contributed by atoms with E-state index in [0.717, 1.165) is 65.9 Å². The Hall–Kier alpha value is -18.6. The number of ether oxygens (including phenoxy) is 1. The van der Waals surface area contributed by atoms with Crippen molar-refractivity contribution in [3.8, 4) is 96.6 Å². The first-order chi connectivity index (χ1) is 61.7. The summed E-state index contributed by atoms with van der Waals surface area (Å²) in [6, 6.07) is 70.1. The van der Waals surface area contributed by atoms with E-state index in [4.69, 9.17) is 58.1 Å². The molecule has 0 saturated heterocycles. The van der Waals surface area contributed by atoms with Crippen molar-refractivity contribution in [3.05, 3.63) is 358 Å². The maximum atomic E-state index is 14.4. The summed E-state index contributed by atoms with van der Waals surface area (Å²) in [6.45, 7) is 42.8. The van der Waals surface area contributed by atoms with E-state index in [9.17, 15) is 22.8 Å². The minimum atomic E-state index is -4.56. The van der Waals surface area contributed by atoms with Gasteiger partial charge in [-0.1, -0.05) is 187 Å². The molecule has 21 rings (SSSR count). The van der Waals surface area contributed by atoms with Gasteiger partial charge in [0.2, 0.25) is 28.4 Å². The Balaban J connectivity index is 0.000000114. The number of para-hydroxylation sites is 2. The standard InChI is InChI=1S/C25H18F3N3.C19H11N5S.C15H12N4O.C14H10N4O2.C12H6N6.C8H5N5/c1-17-12-14-19(15-13-17)23-29-30-16-21(18-8-4-2-5-9-18)22(25(26,27)28)24(30)31(23)20-10-6-3-7-11-20;1-20-14-11-24-18(22-17(23-24)12-7-3-2-4-8-12)16(14)19-21-13-9-5-6-10-15(13)25-19;1-9-4-6-11(7-5-9)14-17-15-13(10(2)20)12(16-3)8-19(15)18-14;1-15-10-8-18-13(11(10)14(19)20-2)16-12(17-18)9-6-4-3-5-7-9;1-14-10-7-18-12(8(10)6-13)16-11(17-18)9-4-2-3-5-15-9;1-5-11-8-6(3-9)7(10-2)4-13(8)12-5/h2-16H,1H3;2-11H,(H,22,23);4-8H,1-2H3,(H,17,18);3-8H,2H3,(H,16,17);2-5,7H,(H,16,17);4H,1H3,(H,11,12). The number of hydrogen-bond acceptors (Lipinski definition) is 14. The van der Waals surface area contributed by atoms with Crippen LogP contribution in [0.25, 0.3) is 153 Å². The maximum absolute atomic E-state index is 14.4. The fraction of sp³-hybridized carbons (Fsp3) is 0.0645. The van der Waals surface area contributed by atoms with Crippen LogP contribution >= 0.6 is 11.3 Å². The highest BCUT2D eigenvalue weighted by atomic mass is 32.1. The Kier molecular flexibility index (Phi) is 22.7. The van der Waals surface area contributed by atoms with E-state index in [1.54, 1.807) is 131 Å². The average Bonchev–Trinajstić information content (AvgIpc) is 1.57. The number of Topliss-reactive ketones (excluding diaryl/α,β-unsaturated/α-hetero) is 1. The van der Waals surface area contributed by atoms with Crippen molar-refractivity contribution >= 4 is 95.6 Å². The fourth-order valence-electron chi connectivity index (χ4n) is 13.9. The van der Waals surface area contributed by atoms with Crippen molar-refractivity contribution in [3.63, 3.8) is 0 Å². The molecule has 127 heavy (non-hydrogen) atoms. The first kappa shape index (κ1) is 82.2. The fourth-order valence-corrected chi connectivity index (χ4v) is 15.0. The number of aryl methyl sites for hydroxylation is 3. The predicted octanol–water partition coefficient (Wildman–Crippen LogP) is 21.5. The van der Waals surface area contributed by atoms with E-state index in [2.05, 4.69) is 79.7 Å². The Morgan fingerprint density at radius 2 is 0.906 bits per heavy atom. The molecule has 0 spiro atoms. The number of pyridine rings is 1. The average molecular weight is 1690 g/mol. The SMILES string of the molecule is Cc1ccc(-c2nn3cc(-c4ccccc4)c(C(F)(F)F)c3n2-c2ccccc2)cc1.[C-]#[N+]c1cn2[nH]c(-c3ccc(C)cc3)nc2c1C(C)=O.[C-]#[N+]c1cn2[nH]c(-c3ccccc3)nc2c1-c1nc2ccccc2s1.[C-]#[N+]c1cn2[nH]c(-c3ccccc3)nc2c1C(=O)OC.[C-]#[N+]c1cn2[nH]c(-c3ccccn3)nc2c1C#N.[C-]#[N+]c1cn2[nH]c(C)nc2c1C#N. The first-order valence-electron chi connectivity index (χ1n) is 38.3. The van der Waals surface area contributed by atoms with Gasteiger partial charge in [0.25, 0.3) is 0 Å². The van der Waals surface area contributed by atoms with E-state index < -0.39 is 17.7 Å². The molecule has 0 aliphatic heterocycles. The highest BCUT2D eigenvalue weighted by molar-refractivity contribution is 7.21. The van der Waals surface area contributed by atoms with Gasteiger partial charge in [-0.15, -0.1) is 16.4 Å². The number of carbonyl (C=O) groups excluding carboxylic acids is 2. The highest BCUT2D eigenvalue weighted by Crippen LogP contribution is 2.45. The number of alkyl halides is 3. The smallest absolute Gasteiger partial charge is 0.420 e. The molecule has 0 saturated carbocycles. The van der Waals surface area contributed by atoms with Gasteiger partial charge in [0.05, 0.1) is 73.5 Å². The lowest BCUT2D eigenvalue weighted by atomic mass is 10.0. The molecule has 14 heterocycles. The van der Waals surface area contributed by atoms with E-state index in [1.807, 2.05) is 184 Å². The number of H-pyrrole nitrogens is 5. The first-order valence-corrected chi connectivity index (χ1v) is 39.1. The second kappa shape index (κ2) is 35.0. The summed E-state index contributed by atoms with van der Waals surface area (Å²) in [7, 11) is 1.28. The number of aromatic amines is 5. The molecule has 0 radical (unpaired) electrons. The van der Waals surface area contributed by atoms with Gasteiger partial charge in [0, 0.05) is 76.9 Å². The monoisotopic (exact) mass is 1690 g/mol. The van der Waals surface area contributed by atoms with Crippen LogP contribution in [0.5, 0.6) is 0 Å². The highest BCUT2D eigenvalue weighted by Gasteiger charge is 2.40. The zero-order chi connectivity index (χ0) is 88.7. The molecule has 0 atom stereocenters. The van der Waals surface area contributed by atoms with E-state index in [-0.39, 0.29) is 33.8 Å². The summed E-state index contributed by atoms with van der Waals surface area (Å²) in [6.07, 6.45) is 6.62. The van der Waals surface area contributed by atoms with Crippen LogP contribution in [0.3, 0.4) is 0 Å². The largest absolute Gasteiger partial charge is 0.466 e. The number of fused-ring (bicyclic) bond motifs is 7. The summed E-state index contributed by atoms with van der Waals surface area (Å²) in [5, 5.41) is 38.5. The van der Waals surface area contributed by atoms with Crippen LogP contribution in [0, 0.1) is 76.3 Å². The maximum Gasteiger partial charge on any atom is 0.420 e. The number of esters is 1. The van der Waals surface area contributed by atoms with Gasteiger partial charge in [0.15, 0.2) is 68.8 Å². The molecular weight excluding hydrogens is 1630 g/mol. The van der Waals surface area contributed by atoms with E-state index in [0.29, 0.717) is 96.7 Å². The number of ketones is 1. The predicted molar refractivity (Wildman–Crippen MR) is 473 cm³/mol. The molecule has 7 aromatic carbocycles. The molecule has 21 aromatic rings. The molecule has 0 bridgehead atoms. The molecule has 30 nitrogen and oxygen atoms in total. The third kappa shape index (κ3) is 16.3. The molecular formula is C93H62F3N27O3S. The van der Waals surface area contributed by atoms with Crippen molar-refractivity contribution in [2.45, 2.75) is 33.9 Å². The van der Waals surface area contributed by atoms with Gasteiger partial charge in [-0.25, -0.2) is 63.4 Å². The van der Waals surface area contributed by atoms with Crippen molar-refractivity contribution in [1.82, 2.24) is 97.1 Å². The van der Waals surface area contributed by atoms with Gasteiger partial charge in [-0.2, -0.15) is 23.7 Å². The molecule has 0 aliphatic rings. The molecule has 0 unspecified atom stereocenters. The number of rotatable bonds is 10. The second-order valence-electron chi connectivity index (χ2n) is 28.1. The van der Waals surface area contributed by atoms with Crippen molar-refractivity contribution in [2.75, 3.05) is 7.11 Å². The normalized spacial score (nSPS) is 10.8. The summed E-state index contributed by atoms with van der Waals surface area (Å²) >= 11 is 1.58. The van der Waals surface area contributed by atoms with Crippen molar-refractivity contribution < 1.29 is 27.5 Å². The van der Waals surface area contributed by atoms with Crippen LogP contribution < -0.4 is 0 Å². The lowest BCUT2D eigenvalue weighted by molar-refractivity contribution is -0.136. The molecule has 0 amide bonds. The van der Waals surface area contributed by atoms with Crippen LogP contribution in [0.15, 0.2) is 256 Å². The summed E-state index contributed by atoms with van der Waals surface area (Å²) in [5.41, 5.74) is 14.2. The Morgan fingerprint density at radius 3 is 1.43 bits per heavy atom. The number of nitrogens with one attached hydrogen (secondary N) is 5. The number of thiazole rings is 1. The van der Waals surface area contributed by atoms with Gasteiger partial charge in [-0.3, -0.25) is 62.4 Å². The minimum absolute atomic E-state index is 0.00636. The zero-order valence-corrected chi connectivity index (χ0v) is 68.2.